The molecule has 0 unspecified atom stereocenters. The Labute approximate surface area is 216 Å². The first-order valence-corrected chi connectivity index (χ1v) is 13.3. The molecule has 9 nitrogen and oxygen atoms in total. The Bertz CT molecular complexity index is 1440. The van der Waals surface area contributed by atoms with E-state index in [4.69, 9.17) is 9.47 Å². The number of carbonyl (C=O) groups is 2. The third-order valence-electron chi connectivity index (χ3n) is 6.21. The van der Waals surface area contributed by atoms with Crippen LogP contribution in [0.25, 0.3) is 10.9 Å². The van der Waals surface area contributed by atoms with Crippen LogP contribution in [0.15, 0.2) is 59.5 Å². The Hall–Kier alpha value is -3.50. The lowest BCUT2D eigenvalue weighted by molar-refractivity contribution is -0.163. The summed E-state index contributed by atoms with van der Waals surface area (Å²) < 4.78 is 39.5. The van der Waals surface area contributed by atoms with Crippen LogP contribution in [-0.4, -0.2) is 55.9 Å². The van der Waals surface area contributed by atoms with E-state index in [-0.39, 0.29) is 30.5 Å². The number of sulfonamides is 1. The van der Waals surface area contributed by atoms with Crippen molar-refractivity contribution < 1.29 is 27.5 Å². The molecule has 1 aliphatic rings. The third-order valence-corrected chi connectivity index (χ3v) is 7.77. The fourth-order valence-electron chi connectivity index (χ4n) is 4.36. The van der Waals surface area contributed by atoms with Crippen molar-refractivity contribution in [3.05, 3.63) is 65.9 Å². The van der Waals surface area contributed by atoms with E-state index in [1.165, 1.54) is 24.1 Å². The molecular weight excluding hydrogens is 494 g/mol. The molecule has 0 bridgehead atoms. The Morgan fingerprint density at radius 2 is 1.73 bits per heavy atom. The number of methoxy groups -OCH3 is 1. The highest BCUT2D eigenvalue weighted by Crippen LogP contribution is 2.30. The fourth-order valence-corrected chi connectivity index (χ4v) is 5.70. The minimum absolute atomic E-state index is 0.0334. The summed E-state index contributed by atoms with van der Waals surface area (Å²) in [5, 5.41) is 0.990. The van der Waals surface area contributed by atoms with Gasteiger partial charge in [-0.05, 0) is 43.3 Å². The highest BCUT2D eigenvalue weighted by Gasteiger charge is 2.55. The van der Waals surface area contributed by atoms with Crippen molar-refractivity contribution in [1.29, 1.82) is 0 Å². The molecule has 0 spiro atoms. The number of ether oxygens (including phenoxy) is 2. The monoisotopic (exact) mass is 525 g/mol. The largest absolute Gasteiger partial charge is 0.489 e. The molecule has 2 heterocycles. The lowest BCUT2D eigenvalue weighted by Gasteiger charge is -2.49. The average Bonchev–Trinajstić information content (AvgIpc) is 2.83. The van der Waals surface area contributed by atoms with Crippen molar-refractivity contribution in [3.8, 4) is 5.75 Å². The van der Waals surface area contributed by atoms with Crippen LogP contribution in [0.4, 0.5) is 0 Å². The second-order valence-electron chi connectivity index (χ2n) is 10.3. The van der Waals surface area contributed by atoms with Gasteiger partial charge in [0, 0.05) is 22.1 Å². The average molecular weight is 526 g/mol. The minimum atomic E-state index is -4.09. The van der Waals surface area contributed by atoms with Crippen molar-refractivity contribution in [3.63, 3.8) is 0 Å². The second kappa shape index (κ2) is 9.75. The number of hydrogen-bond acceptors (Lipinski definition) is 7. The summed E-state index contributed by atoms with van der Waals surface area (Å²) >= 11 is 0. The number of fused-ring (bicyclic) bond motifs is 1. The van der Waals surface area contributed by atoms with Crippen molar-refractivity contribution in [2.75, 3.05) is 20.2 Å². The maximum atomic E-state index is 13.1. The molecule has 0 aliphatic carbocycles. The van der Waals surface area contributed by atoms with Crippen molar-refractivity contribution in [2.24, 2.45) is 5.41 Å². The molecule has 37 heavy (non-hydrogen) atoms. The molecule has 1 N–H and O–H groups in total. The third kappa shape index (κ3) is 5.45. The van der Waals surface area contributed by atoms with E-state index in [2.05, 4.69) is 9.71 Å². The van der Waals surface area contributed by atoms with Gasteiger partial charge in [-0.2, -0.15) is 4.72 Å². The van der Waals surface area contributed by atoms with Crippen LogP contribution in [0.3, 0.4) is 0 Å². The molecule has 0 saturated carbocycles. The van der Waals surface area contributed by atoms with Crippen LogP contribution in [0.5, 0.6) is 5.75 Å². The molecule has 10 heteroatoms. The van der Waals surface area contributed by atoms with Gasteiger partial charge in [0.15, 0.2) is 5.54 Å². The first-order chi connectivity index (χ1) is 17.3. The zero-order valence-electron chi connectivity index (χ0n) is 21.6. The van der Waals surface area contributed by atoms with Crippen molar-refractivity contribution in [1.82, 2.24) is 14.6 Å². The number of aromatic nitrogens is 1. The van der Waals surface area contributed by atoms with E-state index >= 15 is 0 Å². The molecule has 0 radical (unpaired) electrons. The van der Waals surface area contributed by atoms with E-state index in [1.807, 2.05) is 37.3 Å². The molecule has 196 valence electrons. The number of pyridine rings is 1. The number of carbonyl (C=O) groups excluding carboxylic acids is 2. The van der Waals surface area contributed by atoms with Gasteiger partial charge in [-0.15, -0.1) is 0 Å². The quantitative estimate of drug-likeness (QED) is 0.471. The summed E-state index contributed by atoms with van der Waals surface area (Å²) in [5.74, 6) is -0.426. The lowest BCUT2D eigenvalue weighted by atomic mass is 9.86. The summed E-state index contributed by atoms with van der Waals surface area (Å²) in [6.07, 6.45) is 0. The van der Waals surface area contributed by atoms with E-state index in [9.17, 15) is 18.0 Å². The highest BCUT2D eigenvalue weighted by molar-refractivity contribution is 7.89. The number of nitrogens with zero attached hydrogens (tertiary/aromatic N) is 2. The number of nitrogens with one attached hydrogen (secondary N) is 1. The normalized spacial score (nSPS) is 15.2. The van der Waals surface area contributed by atoms with Crippen LogP contribution in [0.2, 0.25) is 0 Å². The zero-order valence-corrected chi connectivity index (χ0v) is 22.4. The molecule has 1 amide bonds. The van der Waals surface area contributed by atoms with E-state index in [1.54, 1.807) is 32.9 Å². The number of benzene rings is 2. The maximum absolute atomic E-state index is 13.1. The van der Waals surface area contributed by atoms with Gasteiger partial charge < -0.3 is 14.4 Å². The minimum Gasteiger partial charge on any atom is -0.489 e. The summed E-state index contributed by atoms with van der Waals surface area (Å²) in [4.78, 5) is 31.0. The molecular formula is C27H31N3O6S. The zero-order chi connectivity index (χ0) is 27.0. The van der Waals surface area contributed by atoms with E-state index in [0.29, 0.717) is 5.75 Å². The molecule has 3 aromatic rings. The van der Waals surface area contributed by atoms with Crippen LogP contribution < -0.4 is 9.46 Å². The summed E-state index contributed by atoms with van der Waals surface area (Å²) in [6, 6.07) is 15.7. The molecule has 1 saturated heterocycles. The first kappa shape index (κ1) is 26.6. The SMILES string of the molecule is COC(=O)C1(NS(=O)(=O)c2ccc(OCc3cc(C)nc4ccccc34)cc2)CN(C(=O)C(C)(C)C)C1. The summed E-state index contributed by atoms with van der Waals surface area (Å²) in [6.45, 7) is 7.30. The molecule has 1 fully saturated rings. The Kier molecular flexibility index (Phi) is 7.00. The lowest BCUT2D eigenvalue weighted by Crippen LogP contribution is -2.76. The predicted octanol–water partition coefficient (Wildman–Crippen LogP) is 3.20. The molecule has 1 aliphatic heterocycles. The van der Waals surface area contributed by atoms with Gasteiger partial charge in [0.2, 0.25) is 15.9 Å². The topological polar surface area (TPSA) is 115 Å². The van der Waals surface area contributed by atoms with Gasteiger partial charge in [0.1, 0.15) is 12.4 Å². The van der Waals surface area contributed by atoms with Gasteiger partial charge in [-0.1, -0.05) is 39.0 Å². The van der Waals surface area contributed by atoms with Gasteiger partial charge in [-0.25, -0.2) is 13.2 Å². The molecule has 4 rings (SSSR count). The smallest absolute Gasteiger partial charge is 0.330 e. The van der Waals surface area contributed by atoms with Gasteiger partial charge in [0.25, 0.3) is 0 Å². The predicted molar refractivity (Wildman–Crippen MR) is 138 cm³/mol. The number of amides is 1. The Morgan fingerprint density at radius 1 is 1.08 bits per heavy atom. The number of rotatable bonds is 7. The van der Waals surface area contributed by atoms with Gasteiger partial charge in [-0.3, -0.25) is 9.78 Å². The highest BCUT2D eigenvalue weighted by atomic mass is 32.2. The molecule has 0 atom stereocenters. The van der Waals surface area contributed by atoms with Crippen LogP contribution in [0.1, 0.15) is 32.0 Å². The Morgan fingerprint density at radius 3 is 2.35 bits per heavy atom. The van der Waals surface area contributed by atoms with Gasteiger partial charge in [0.05, 0.1) is 30.6 Å². The Balaban J connectivity index is 1.47. The molecule has 2 aromatic carbocycles. The van der Waals surface area contributed by atoms with Crippen molar-refractivity contribution >= 4 is 32.8 Å². The second-order valence-corrected chi connectivity index (χ2v) is 12.0. The van der Waals surface area contributed by atoms with E-state index in [0.717, 1.165) is 22.2 Å². The van der Waals surface area contributed by atoms with Crippen LogP contribution in [-0.2, 0) is 31.0 Å². The molecule has 1 aromatic heterocycles. The fraction of sp³-hybridized carbons (Fsp3) is 0.370. The maximum Gasteiger partial charge on any atom is 0.330 e. The van der Waals surface area contributed by atoms with Crippen LogP contribution in [0, 0.1) is 12.3 Å². The number of likely N-dealkylation sites (tertiary alicyclic amines) is 1. The number of aryl methyl sites for hydroxylation is 1. The van der Waals surface area contributed by atoms with Gasteiger partial charge >= 0.3 is 5.97 Å². The number of para-hydroxylation sites is 1. The summed E-state index contributed by atoms with van der Waals surface area (Å²) in [7, 11) is -2.90. The number of hydrogen-bond donors (Lipinski definition) is 1. The van der Waals surface area contributed by atoms with E-state index < -0.39 is 26.9 Å². The number of esters is 1. The summed E-state index contributed by atoms with van der Waals surface area (Å²) in [5.41, 5.74) is 0.540. The standard InChI is InChI=1S/C27H31N3O6S/c1-18-14-19(22-8-6-7-9-23(22)28-18)15-36-20-10-12-21(13-11-20)37(33,34)29-27(25(32)35-5)16-30(17-27)24(31)26(2,3)4/h6-14,29H,15-17H2,1-5H3. The van der Waals surface area contributed by atoms with Crippen LogP contribution >= 0.6 is 0 Å². The van der Waals surface area contributed by atoms with Crippen molar-refractivity contribution in [2.45, 2.75) is 44.7 Å². The first-order valence-electron chi connectivity index (χ1n) is 11.8.